The van der Waals surface area contributed by atoms with Crippen LogP contribution in [-0.2, 0) is 0 Å². The Morgan fingerprint density at radius 1 is 0.365 bits per heavy atom. The molecule has 0 aliphatic rings. The lowest BCUT2D eigenvalue weighted by atomic mass is 9.74. The Morgan fingerprint density at radius 3 is 0.808 bits per heavy atom. The Labute approximate surface area is 304 Å². The second-order valence-corrected chi connectivity index (χ2v) is 12.8. The smallest absolute Gasteiger partial charge is 0.423 e. The van der Waals surface area contributed by atoms with Crippen LogP contribution in [0.1, 0.15) is 33.4 Å². The topological polar surface area (TPSA) is 132 Å². The van der Waals surface area contributed by atoms with E-state index in [1.165, 1.54) is 0 Å². The summed E-state index contributed by atoms with van der Waals surface area (Å²) in [6.07, 6.45) is 7.21. The molecule has 0 spiro atoms. The van der Waals surface area contributed by atoms with E-state index < -0.39 is 14.2 Å². The molecule has 0 aliphatic carbocycles. The minimum absolute atomic E-state index is 0.626. The van der Waals surface area contributed by atoms with Crippen LogP contribution in [0.5, 0.6) is 0 Å². The molecule has 0 aliphatic heterocycles. The van der Waals surface area contributed by atoms with Crippen LogP contribution >= 0.6 is 0 Å². The summed E-state index contributed by atoms with van der Waals surface area (Å²) in [4.78, 5) is 17.4. The zero-order valence-electron chi connectivity index (χ0n) is 30.3. The van der Waals surface area contributed by atoms with Crippen LogP contribution in [0.25, 0.3) is 43.6 Å². The van der Waals surface area contributed by atoms with Gasteiger partial charge in [0.05, 0.1) is 22.1 Å². The molecule has 0 radical (unpaired) electrons. The number of rotatable bonds is 2. The fourth-order valence-electron chi connectivity index (χ4n) is 6.56. The largest absolute Gasteiger partial charge is 0.488 e. The highest BCUT2D eigenvalue weighted by Crippen LogP contribution is 2.21. The average molecular weight is 688 g/mol. The van der Waals surface area contributed by atoms with Gasteiger partial charge in [0.15, 0.2) is 0 Å². The van der Waals surface area contributed by atoms with E-state index in [0.29, 0.717) is 10.9 Å². The van der Waals surface area contributed by atoms with E-state index in [0.717, 1.165) is 77.0 Å². The standard InChI is InChI=1S/2C12H8N2.2C9H13BO2/c2*1-3-9-5-6-10-4-2-8-14-12(10)11(9)13-7-1;2*1-6-4-7(2)9(10(11)12)8(3)5-6/h2*1-8H;2*4-5,11-12H,1-3H3. The van der Waals surface area contributed by atoms with Crippen molar-refractivity contribution in [2.75, 3.05) is 0 Å². The maximum Gasteiger partial charge on any atom is 0.488 e. The van der Waals surface area contributed by atoms with Gasteiger partial charge < -0.3 is 20.1 Å². The lowest BCUT2D eigenvalue weighted by Crippen LogP contribution is -2.34. The maximum absolute atomic E-state index is 9.03. The molecule has 0 saturated heterocycles. The molecule has 8 nitrogen and oxygen atoms in total. The predicted octanol–water partition coefficient (Wildman–Crippen LogP) is 6.15. The van der Waals surface area contributed by atoms with Crippen molar-refractivity contribution < 1.29 is 20.1 Å². The fourth-order valence-corrected chi connectivity index (χ4v) is 6.56. The van der Waals surface area contributed by atoms with E-state index in [2.05, 4.69) is 68.5 Å². The average Bonchev–Trinajstić information content (AvgIpc) is 3.11. The first-order chi connectivity index (χ1) is 24.9. The van der Waals surface area contributed by atoms with Crippen molar-refractivity contribution in [2.45, 2.75) is 41.5 Å². The van der Waals surface area contributed by atoms with E-state index in [1.54, 1.807) is 24.8 Å². The van der Waals surface area contributed by atoms with E-state index >= 15 is 0 Å². The number of hydrogen-bond donors (Lipinski definition) is 4. The zero-order chi connectivity index (χ0) is 37.4. The molecule has 4 aromatic carbocycles. The summed E-state index contributed by atoms with van der Waals surface area (Å²) in [5, 5.41) is 40.7. The zero-order valence-corrected chi connectivity index (χ0v) is 30.3. The molecule has 52 heavy (non-hydrogen) atoms. The van der Waals surface area contributed by atoms with Crippen molar-refractivity contribution in [3.63, 3.8) is 0 Å². The van der Waals surface area contributed by atoms with Gasteiger partial charge in [-0.3, -0.25) is 19.9 Å². The summed E-state index contributed by atoms with van der Waals surface area (Å²) in [5.74, 6) is 0. The van der Waals surface area contributed by atoms with Crippen LogP contribution in [0.15, 0.2) is 122 Å². The maximum atomic E-state index is 9.03. The van der Waals surface area contributed by atoms with Crippen LogP contribution in [0, 0.1) is 41.5 Å². The highest BCUT2D eigenvalue weighted by molar-refractivity contribution is 6.60. The first kappa shape index (κ1) is 37.7. The fraction of sp³-hybridized carbons (Fsp3) is 0.143. The van der Waals surface area contributed by atoms with E-state index in [1.807, 2.05) is 90.1 Å². The molecular formula is C42H42B2N4O4. The van der Waals surface area contributed by atoms with Crippen LogP contribution in [0.3, 0.4) is 0 Å². The van der Waals surface area contributed by atoms with Gasteiger partial charge in [0.25, 0.3) is 0 Å². The highest BCUT2D eigenvalue weighted by Gasteiger charge is 2.17. The summed E-state index contributed by atoms with van der Waals surface area (Å²) in [6, 6.07) is 32.1. The number of nitrogens with zero attached hydrogens (tertiary/aromatic N) is 4. The molecule has 8 rings (SSSR count). The van der Waals surface area contributed by atoms with E-state index in [-0.39, 0.29) is 0 Å². The Kier molecular flexibility index (Phi) is 12.4. The second-order valence-electron chi connectivity index (χ2n) is 12.8. The lowest BCUT2D eigenvalue weighted by Gasteiger charge is -2.09. The van der Waals surface area contributed by atoms with Gasteiger partial charge in [-0.2, -0.15) is 0 Å². The molecule has 0 fully saturated rings. The molecule has 0 unspecified atom stereocenters. The summed E-state index contributed by atoms with van der Waals surface area (Å²) < 4.78 is 0. The molecule has 0 bridgehead atoms. The monoisotopic (exact) mass is 688 g/mol. The molecule has 0 amide bonds. The number of aromatic nitrogens is 4. The van der Waals surface area contributed by atoms with Crippen LogP contribution in [-0.4, -0.2) is 54.3 Å². The Hall–Kier alpha value is -5.51. The lowest BCUT2D eigenvalue weighted by molar-refractivity contribution is 0.424. The molecule has 0 saturated carbocycles. The van der Waals surface area contributed by atoms with Gasteiger partial charge in [-0.05, 0) is 76.7 Å². The molecule has 8 aromatic rings. The van der Waals surface area contributed by atoms with Crippen LogP contribution in [0.2, 0.25) is 0 Å². The molecular weight excluding hydrogens is 646 g/mol. The number of pyridine rings is 4. The summed E-state index contributed by atoms with van der Waals surface area (Å²) in [7, 11) is -2.71. The molecule has 260 valence electrons. The van der Waals surface area contributed by atoms with Crippen LogP contribution < -0.4 is 10.9 Å². The third-order valence-electron chi connectivity index (χ3n) is 8.68. The highest BCUT2D eigenvalue weighted by atomic mass is 16.4. The van der Waals surface area contributed by atoms with Gasteiger partial charge in [-0.1, -0.05) is 106 Å². The van der Waals surface area contributed by atoms with E-state index in [9.17, 15) is 0 Å². The minimum Gasteiger partial charge on any atom is -0.423 e. The summed E-state index contributed by atoms with van der Waals surface area (Å²) in [5.41, 5.74) is 11.2. The van der Waals surface area contributed by atoms with Gasteiger partial charge in [-0.15, -0.1) is 0 Å². The first-order valence-electron chi connectivity index (χ1n) is 17.0. The van der Waals surface area contributed by atoms with Gasteiger partial charge in [-0.25, -0.2) is 0 Å². The Bertz CT molecular complexity index is 2140. The van der Waals surface area contributed by atoms with Crippen molar-refractivity contribution in [1.29, 1.82) is 0 Å². The quantitative estimate of drug-likeness (QED) is 0.126. The van der Waals surface area contributed by atoms with Crippen molar-refractivity contribution >= 4 is 68.8 Å². The third kappa shape index (κ3) is 9.04. The van der Waals surface area contributed by atoms with Crippen molar-refractivity contribution in [1.82, 2.24) is 19.9 Å². The molecule has 4 aromatic heterocycles. The number of hydrogen-bond acceptors (Lipinski definition) is 8. The molecule has 10 heteroatoms. The van der Waals surface area contributed by atoms with Gasteiger partial charge >= 0.3 is 14.2 Å². The van der Waals surface area contributed by atoms with Gasteiger partial charge in [0, 0.05) is 46.3 Å². The third-order valence-corrected chi connectivity index (χ3v) is 8.68. The SMILES string of the molecule is Cc1cc(C)c(B(O)O)c(C)c1.Cc1cc(C)c(B(O)O)c(C)c1.c1cnc2c(c1)ccc1cccnc12.c1cnc2c(c1)ccc1cccnc12. The van der Waals surface area contributed by atoms with Gasteiger partial charge in [0.1, 0.15) is 0 Å². The van der Waals surface area contributed by atoms with E-state index in [4.69, 9.17) is 20.1 Å². The van der Waals surface area contributed by atoms with Crippen molar-refractivity contribution in [3.05, 3.63) is 155 Å². The Morgan fingerprint density at radius 2 is 0.596 bits per heavy atom. The predicted molar refractivity (Wildman–Crippen MR) is 215 cm³/mol. The van der Waals surface area contributed by atoms with Crippen LogP contribution in [0.4, 0.5) is 0 Å². The molecule has 4 N–H and O–H groups in total. The normalized spacial score (nSPS) is 10.5. The molecule has 0 atom stereocenters. The molecule has 4 heterocycles. The first-order valence-corrected chi connectivity index (χ1v) is 17.0. The van der Waals surface area contributed by atoms with Crippen molar-refractivity contribution in [3.8, 4) is 0 Å². The Balaban J connectivity index is 0.000000135. The minimum atomic E-state index is -1.36. The second kappa shape index (κ2) is 17.1. The number of aryl methyl sites for hydroxylation is 6. The summed E-state index contributed by atoms with van der Waals surface area (Å²) >= 11 is 0. The van der Waals surface area contributed by atoms with Gasteiger partial charge in [0.2, 0.25) is 0 Å². The summed E-state index contributed by atoms with van der Waals surface area (Å²) in [6.45, 7) is 11.5. The number of fused-ring (bicyclic) bond motifs is 6. The van der Waals surface area contributed by atoms with Crippen molar-refractivity contribution in [2.24, 2.45) is 0 Å². The number of benzene rings is 4.